The van der Waals surface area contributed by atoms with Gasteiger partial charge in [0.1, 0.15) is 5.75 Å². The van der Waals surface area contributed by atoms with Crippen LogP contribution < -0.4 is 15.2 Å². The lowest BCUT2D eigenvalue weighted by Gasteiger charge is -2.14. The third-order valence-corrected chi connectivity index (χ3v) is 3.27. The number of anilines is 1. The smallest absolute Gasteiger partial charge is 0.167 e. The summed E-state index contributed by atoms with van der Waals surface area (Å²) in [5.41, 5.74) is 9.29. The molecule has 0 aliphatic carbocycles. The molecule has 0 heterocycles. The van der Waals surface area contributed by atoms with Gasteiger partial charge < -0.3 is 15.2 Å². The molecule has 0 saturated carbocycles. The Hall–Kier alpha value is -2.23. The van der Waals surface area contributed by atoms with Gasteiger partial charge in [0.2, 0.25) is 0 Å². The van der Waals surface area contributed by atoms with Gasteiger partial charge in [-0.3, -0.25) is 0 Å². The summed E-state index contributed by atoms with van der Waals surface area (Å²) in [7, 11) is 1.40. The summed E-state index contributed by atoms with van der Waals surface area (Å²) in [5.74, 6) is 0.699. The topological polar surface area (TPSA) is 44.5 Å². The number of hydrogen-bond donors (Lipinski definition) is 1. The highest BCUT2D eigenvalue weighted by molar-refractivity contribution is 5.58. The summed E-state index contributed by atoms with van der Waals surface area (Å²) in [6, 6.07) is 6.67. The molecule has 0 unspecified atom stereocenters. The van der Waals surface area contributed by atoms with Gasteiger partial charge in [0.05, 0.1) is 12.8 Å². The summed E-state index contributed by atoms with van der Waals surface area (Å²) in [6.45, 7) is 5.98. The Kier molecular flexibility index (Phi) is 3.84. The maximum absolute atomic E-state index is 13.5. The molecule has 106 valence electrons. The van der Waals surface area contributed by atoms with Gasteiger partial charge in [-0.25, -0.2) is 4.39 Å². The standard InChI is InChI=1S/C16H18FNO2/c1-9-5-10(2)11(3)14(6-9)20-16-8-15(19-4)12(17)7-13(16)18/h5-8H,18H2,1-4H3. The number of nitrogens with two attached hydrogens (primary N) is 1. The van der Waals surface area contributed by atoms with Crippen molar-refractivity contribution in [3.8, 4) is 17.2 Å². The van der Waals surface area contributed by atoms with Crippen LogP contribution in [0, 0.1) is 26.6 Å². The fraction of sp³-hybridized carbons (Fsp3) is 0.250. The van der Waals surface area contributed by atoms with Crippen LogP contribution in [0.5, 0.6) is 17.2 Å². The Balaban J connectivity index is 2.45. The maximum atomic E-state index is 13.5. The molecule has 0 aliphatic heterocycles. The molecule has 0 spiro atoms. The molecule has 2 aromatic rings. The van der Waals surface area contributed by atoms with E-state index in [0.717, 1.165) is 16.7 Å². The molecule has 0 atom stereocenters. The van der Waals surface area contributed by atoms with E-state index in [9.17, 15) is 4.39 Å². The normalized spacial score (nSPS) is 10.4. The first-order chi connectivity index (χ1) is 9.42. The Bertz CT molecular complexity index is 653. The van der Waals surface area contributed by atoms with E-state index in [2.05, 4.69) is 6.07 Å². The average molecular weight is 275 g/mol. The van der Waals surface area contributed by atoms with Gasteiger partial charge in [-0.15, -0.1) is 0 Å². The fourth-order valence-corrected chi connectivity index (χ4v) is 2.02. The second-order valence-electron chi connectivity index (χ2n) is 4.83. The van der Waals surface area contributed by atoms with Gasteiger partial charge in [-0.2, -0.15) is 0 Å². The third-order valence-electron chi connectivity index (χ3n) is 3.27. The summed E-state index contributed by atoms with van der Waals surface area (Å²) >= 11 is 0. The highest BCUT2D eigenvalue weighted by Gasteiger charge is 2.12. The van der Waals surface area contributed by atoms with E-state index < -0.39 is 5.82 Å². The van der Waals surface area contributed by atoms with Gasteiger partial charge in [-0.1, -0.05) is 6.07 Å². The van der Waals surface area contributed by atoms with E-state index in [1.165, 1.54) is 19.2 Å². The minimum absolute atomic E-state index is 0.108. The van der Waals surface area contributed by atoms with Crippen LogP contribution >= 0.6 is 0 Å². The predicted molar refractivity (Wildman–Crippen MR) is 78.1 cm³/mol. The van der Waals surface area contributed by atoms with Crippen LogP contribution in [0.3, 0.4) is 0 Å². The van der Waals surface area contributed by atoms with Crippen molar-refractivity contribution < 1.29 is 13.9 Å². The van der Waals surface area contributed by atoms with E-state index in [1.807, 2.05) is 26.8 Å². The van der Waals surface area contributed by atoms with Gasteiger partial charge in [-0.05, 0) is 43.5 Å². The fourth-order valence-electron chi connectivity index (χ4n) is 2.02. The average Bonchev–Trinajstić information content (AvgIpc) is 2.38. The van der Waals surface area contributed by atoms with Gasteiger partial charge in [0.25, 0.3) is 0 Å². The van der Waals surface area contributed by atoms with Crippen LogP contribution in [0.2, 0.25) is 0 Å². The van der Waals surface area contributed by atoms with Crippen molar-refractivity contribution in [2.75, 3.05) is 12.8 Å². The molecule has 0 aromatic heterocycles. The monoisotopic (exact) mass is 275 g/mol. The summed E-state index contributed by atoms with van der Waals surface area (Å²) < 4.78 is 24.3. The Morgan fingerprint density at radius 1 is 0.950 bits per heavy atom. The lowest BCUT2D eigenvalue weighted by atomic mass is 10.1. The first-order valence-corrected chi connectivity index (χ1v) is 6.31. The van der Waals surface area contributed by atoms with Crippen molar-refractivity contribution in [1.82, 2.24) is 0 Å². The quantitative estimate of drug-likeness (QED) is 0.856. The minimum atomic E-state index is -0.505. The highest BCUT2D eigenvalue weighted by atomic mass is 19.1. The predicted octanol–water partition coefficient (Wildman–Crippen LogP) is 4.13. The molecule has 0 fully saturated rings. The molecule has 0 radical (unpaired) electrons. The number of ether oxygens (including phenoxy) is 2. The number of halogens is 1. The van der Waals surface area contributed by atoms with E-state index in [4.69, 9.17) is 15.2 Å². The van der Waals surface area contributed by atoms with Gasteiger partial charge in [0, 0.05) is 12.1 Å². The van der Waals surface area contributed by atoms with Crippen LogP contribution in [-0.2, 0) is 0 Å². The van der Waals surface area contributed by atoms with Crippen molar-refractivity contribution >= 4 is 5.69 Å². The second-order valence-corrected chi connectivity index (χ2v) is 4.83. The molecule has 0 aliphatic rings. The van der Waals surface area contributed by atoms with Crippen LogP contribution in [0.1, 0.15) is 16.7 Å². The zero-order valence-electron chi connectivity index (χ0n) is 12.1. The van der Waals surface area contributed by atoms with Gasteiger partial charge >= 0.3 is 0 Å². The molecule has 2 aromatic carbocycles. The number of rotatable bonds is 3. The number of benzene rings is 2. The number of methoxy groups -OCH3 is 1. The minimum Gasteiger partial charge on any atom is -0.494 e. The Labute approximate surface area is 118 Å². The van der Waals surface area contributed by atoms with Crippen molar-refractivity contribution in [1.29, 1.82) is 0 Å². The van der Waals surface area contributed by atoms with Crippen molar-refractivity contribution in [3.63, 3.8) is 0 Å². The van der Waals surface area contributed by atoms with Crippen molar-refractivity contribution in [3.05, 3.63) is 46.8 Å². The number of hydrogen-bond acceptors (Lipinski definition) is 3. The molecular formula is C16H18FNO2. The zero-order chi connectivity index (χ0) is 14.9. The van der Waals surface area contributed by atoms with Crippen LogP contribution in [0.25, 0.3) is 0 Å². The highest BCUT2D eigenvalue weighted by Crippen LogP contribution is 2.35. The molecule has 2 N–H and O–H groups in total. The zero-order valence-corrected chi connectivity index (χ0v) is 12.1. The van der Waals surface area contributed by atoms with Crippen LogP contribution in [-0.4, -0.2) is 7.11 Å². The molecule has 3 nitrogen and oxygen atoms in total. The summed E-state index contributed by atoms with van der Waals surface area (Å²) in [4.78, 5) is 0. The molecular weight excluding hydrogens is 257 g/mol. The van der Waals surface area contributed by atoms with Crippen molar-refractivity contribution in [2.24, 2.45) is 0 Å². The number of nitrogen functional groups attached to an aromatic ring is 1. The van der Waals surface area contributed by atoms with Crippen LogP contribution in [0.15, 0.2) is 24.3 Å². The molecule has 2 rings (SSSR count). The second kappa shape index (κ2) is 5.41. The largest absolute Gasteiger partial charge is 0.494 e. The molecule has 0 amide bonds. The van der Waals surface area contributed by atoms with E-state index >= 15 is 0 Å². The van der Waals surface area contributed by atoms with E-state index in [0.29, 0.717) is 11.5 Å². The van der Waals surface area contributed by atoms with Crippen LogP contribution in [0.4, 0.5) is 10.1 Å². The molecule has 4 heteroatoms. The molecule has 0 saturated heterocycles. The third kappa shape index (κ3) is 2.69. The van der Waals surface area contributed by atoms with E-state index in [1.54, 1.807) is 0 Å². The maximum Gasteiger partial charge on any atom is 0.167 e. The molecule has 0 bridgehead atoms. The van der Waals surface area contributed by atoms with E-state index in [-0.39, 0.29) is 11.4 Å². The van der Waals surface area contributed by atoms with Gasteiger partial charge in [0.15, 0.2) is 17.3 Å². The van der Waals surface area contributed by atoms with Crippen molar-refractivity contribution in [2.45, 2.75) is 20.8 Å². The summed E-state index contributed by atoms with van der Waals surface area (Å²) in [5, 5.41) is 0. The lowest BCUT2D eigenvalue weighted by molar-refractivity contribution is 0.382. The molecule has 20 heavy (non-hydrogen) atoms. The number of aryl methyl sites for hydroxylation is 2. The first-order valence-electron chi connectivity index (χ1n) is 6.31. The Morgan fingerprint density at radius 2 is 1.65 bits per heavy atom. The SMILES string of the molecule is COc1cc(Oc2cc(C)cc(C)c2C)c(N)cc1F. The Morgan fingerprint density at radius 3 is 2.30 bits per heavy atom. The summed E-state index contributed by atoms with van der Waals surface area (Å²) in [6.07, 6.45) is 0. The first kappa shape index (κ1) is 14.2. The lowest BCUT2D eigenvalue weighted by Crippen LogP contribution is -1.98.